The fourth-order valence-electron chi connectivity index (χ4n) is 3.54. The predicted molar refractivity (Wildman–Crippen MR) is 70.1 cm³/mol. The van der Waals surface area contributed by atoms with Crippen LogP contribution >= 0.6 is 0 Å². The summed E-state index contributed by atoms with van der Waals surface area (Å²) in [6.45, 7) is 4.94. The van der Waals surface area contributed by atoms with E-state index in [4.69, 9.17) is 0 Å². The Morgan fingerprint density at radius 3 is 3.17 bits per heavy atom. The van der Waals surface area contributed by atoms with Gasteiger partial charge in [-0.25, -0.2) is 4.98 Å². The van der Waals surface area contributed by atoms with Gasteiger partial charge in [0.15, 0.2) is 0 Å². The molecule has 1 saturated heterocycles. The van der Waals surface area contributed by atoms with Gasteiger partial charge >= 0.3 is 0 Å². The van der Waals surface area contributed by atoms with Crippen LogP contribution in [0.1, 0.15) is 43.6 Å². The van der Waals surface area contributed by atoms with Crippen LogP contribution in [0.5, 0.6) is 0 Å². The molecule has 0 aromatic carbocycles. The van der Waals surface area contributed by atoms with Gasteiger partial charge in [-0.1, -0.05) is 12.8 Å². The van der Waals surface area contributed by atoms with Gasteiger partial charge in [-0.15, -0.1) is 0 Å². The van der Waals surface area contributed by atoms with E-state index >= 15 is 0 Å². The zero-order valence-corrected chi connectivity index (χ0v) is 11.2. The number of aromatic nitrogens is 2. The second kappa shape index (κ2) is 4.67. The molecule has 1 aromatic rings. The average Bonchev–Trinajstić information content (AvgIpc) is 2.75. The molecular formula is C14H23N3O. The number of rotatable bonds is 2. The summed E-state index contributed by atoms with van der Waals surface area (Å²) < 4.78 is 0. The number of H-pyrrole nitrogens is 1. The van der Waals surface area contributed by atoms with Crippen LogP contribution in [-0.2, 0) is 6.54 Å². The Labute approximate surface area is 108 Å². The van der Waals surface area contributed by atoms with Crippen LogP contribution in [0.4, 0.5) is 0 Å². The van der Waals surface area contributed by atoms with E-state index in [1.807, 2.05) is 13.1 Å². The summed E-state index contributed by atoms with van der Waals surface area (Å²) in [6, 6.07) is 0. The second-order valence-electron chi connectivity index (χ2n) is 6.04. The van der Waals surface area contributed by atoms with E-state index in [0.29, 0.717) is 5.92 Å². The van der Waals surface area contributed by atoms with Crippen molar-refractivity contribution in [1.29, 1.82) is 0 Å². The zero-order chi connectivity index (χ0) is 12.6. The van der Waals surface area contributed by atoms with Gasteiger partial charge in [0.05, 0.1) is 12.1 Å². The molecule has 2 heterocycles. The number of nitrogens with one attached hydrogen (secondary N) is 1. The molecule has 2 atom stereocenters. The highest BCUT2D eigenvalue weighted by Gasteiger charge is 2.42. The number of aryl methyl sites for hydroxylation is 1. The highest BCUT2D eigenvalue weighted by molar-refractivity contribution is 5.00. The Hall–Kier alpha value is -0.870. The van der Waals surface area contributed by atoms with Crippen LogP contribution in [0.25, 0.3) is 0 Å². The van der Waals surface area contributed by atoms with Crippen LogP contribution in [0.3, 0.4) is 0 Å². The van der Waals surface area contributed by atoms with Crippen LogP contribution in [0, 0.1) is 12.8 Å². The second-order valence-corrected chi connectivity index (χ2v) is 6.04. The maximum Gasteiger partial charge on any atom is 0.120 e. The van der Waals surface area contributed by atoms with Crippen molar-refractivity contribution >= 4 is 0 Å². The van der Waals surface area contributed by atoms with Gasteiger partial charge in [-0.2, -0.15) is 0 Å². The summed E-state index contributed by atoms with van der Waals surface area (Å²) in [4.78, 5) is 10.1. The fraction of sp³-hybridized carbons (Fsp3) is 0.786. The minimum atomic E-state index is -0.367. The monoisotopic (exact) mass is 249 g/mol. The molecule has 0 unspecified atom stereocenters. The number of aliphatic hydroxyl groups is 1. The van der Waals surface area contributed by atoms with E-state index in [9.17, 15) is 5.11 Å². The summed E-state index contributed by atoms with van der Waals surface area (Å²) in [5.41, 5.74) is 0.754. The molecule has 100 valence electrons. The Morgan fingerprint density at radius 2 is 2.39 bits per heavy atom. The van der Waals surface area contributed by atoms with Crippen molar-refractivity contribution < 1.29 is 5.11 Å². The molecule has 4 nitrogen and oxygen atoms in total. The first-order valence-electron chi connectivity index (χ1n) is 7.11. The topological polar surface area (TPSA) is 52.1 Å². The van der Waals surface area contributed by atoms with E-state index < -0.39 is 0 Å². The lowest BCUT2D eigenvalue weighted by atomic mass is 9.71. The molecular weight excluding hydrogens is 226 g/mol. The van der Waals surface area contributed by atoms with Gasteiger partial charge in [0.2, 0.25) is 0 Å². The van der Waals surface area contributed by atoms with Gasteiger partial charge in [-0.3, -0.25) is 4.90 Å². The number of fused-ring (bicyclic) bond motifs is 1. The lowest BCUT2D eigenvalue weighted by Crippen LogP contribution is -2.53. The van der Waals surface area contributed by atoms with Crippen molar-refractivity contribution in [2.24, 2.45) is 5.92 Å². The zero-order valence-electron chi connectivity index (χ0n) is 11.2. The Kier molecular flexibility index (Phi) is 3.16. The molecule has 0 radical (unpaired) electrons. The lowest BCUT2D eigenvalue weighted by Gasteiger charge is -2.47. The van der Waals surface area contributed by atoms with Crippen molar-refractivity contribution in [1.82, 2.24) is 14.9 Å². The molecule has 3 rings (SSSR count). The van der Waals surface area contributed by atoms with Crippen LogP contribution in [-0.4, -0.2) is 38.7 Å². The highest BCUT2D eigenvalue weighted by atomic mass is 16.3. The van der Waals surface area contributed by atoms with E-state index in [1.165, 1.54) is 19.3 Å². The molecule has 2 N–H and O–H groups in total. The number of imidazole rings is 1. The standard InChI is InChI=1S/C14H23N3O/c1-11-8-15-13(16-11)10-17-7-6-14(18)5-3-2-4-12(14)9-17/h8,12,18H,2-7,9-10H2,1H3,(H,15,16)/t12-,14-/m0/s1. The smallest absolute Gasteiger partial charge is 0.120 e. The molecule has 1 aliphatic heterocycles. The molecule has 2 aliphatic rings. The Bertz CT molecular complexity index is 417. The van der Waals surface area contributed by atoms with Gasteiger partial charge in [0.1, 0.15) is 5.82 Å². The summed E-state index contributed by atoms with van der Waals surface area (Å²) >= 11 is 0. The molecule has 1 aliphatic carbocycles. The van der Waals surface area contributed by atoms with Crippen LogP contribution < -0.4 is 0 Å². The molecule has 0 spiro atoms. The van der Waals surface area contributed by atoms with E-state index in [0.717, 1.165) is 44.0 Å². The number of hydrogen-bond donors (Lipinski definition) is 2. The number of likely N-dealkylation sites (tertiary alicyclic amines) is 1. The Balaban J connectivity index is 1.63. The third-order valence-electron chi connectivity index (χ3n) is 4.64. The summed E-state index contributed by atoms with van der Waals surface area (Å²) in [6.07, 6.45) is 7.48. The average molecular weight is 249 g/mol. The fourth-order valence-corrected chi connectivity index (χ4v) is 3.54. The first kappa shape index (κ1) is 12.2. The molecule has 2 fully saturated rings. The number of piperidine rings is 1. The summed E-state index contributed by atoms with van der Waals surface area (Å²) in [5.74, 6) is 1.52. The minimum absolute atomic E-state index is 0.367. The van der Waals surface area contributed by atoms with Crippen molar-refractivity contribution in [3.05, 3.63) is 17.7 Å². The largest absolute Gasteiger partial charge is 0.390 e. The molecule has 18 heavy (non-hydrogen) atoms. The third-order valence-corrected chi connectivity index (χ3v) is 4.64. The van der Waals surface area contributed by atoms with Gasteiger partial charge in [0, 0.05) is 30.9 Å². The maximum atomic E-state index is 10.6. The van der Waals surface area contributed by atoms with Crippen molar-refractivity contribution in [3.8, 4) is 0 Å². The number of aromatic amines is 1. The SMILES string of the molecule is Cc1cnc(CN2CC[C@@]3(O)CCCC[C@H]3C2)[nH]1. The first-order valence-corrected chi connectivity index (χ1v) is 7.11. The minimum Gasteiger partial charge on any atom is -0.390 e. The van der Waals surface area contributed by atoms with Crippen LogP contribution in [0.15, 0.2) is 6.20 Å². The quantitative estimate of drug-likeness (QED) is 0.841. The highest BCUT2D eigenvalue weighted by Crippen LogP contribution is 2.39. The van der Waals surface area contributed by atoms with Gasteiger partial charge < -0.3 is 10.1 Å². The normalized spacial score (nSPS) is 33.3. The molecule has 0 amide bonds. The number of hydrogen-bond acceptors (Lipinski definition) is 3. The summed E-state index contributed by atoms with van der Waals surface area (Å²) in [7, 11) is 0. The van der Waals surface area contributed by atoms with E-state index in [1.54, 1.807) is 0 Å². The van der Waals surface area contributed by atoms with Gasteiger partial charge in [0.25, 0.3) is 0 Å². The van der Waals surface area contributed by atoms with Crippen molar-refractivity contribution in [2.45, 2.75) is 51.2 Å². The Morgan fingerprint density at radius 1 is 1.50 bits per heavy atom. The first-order chi connectivity index (χ1) is 8.66. The molecule has 4 heteroatoms. The predicted octanol–water partition coefficient (Wildman–Crippen LogP) is 1.85. The van der Waals surface area contributed by atoms with Crippen molar-refractivity contribution in [2.75, 3.05) is 13.1 Å². The maximum absolute atomic E-state index is 10.6. The molecule has 0 bridgehead atoms. The lowest BCUT2D eigenvalue weighted by molar-refractivity contribution is -0.0971. The summed E-state index contributed by atoms with van der Waals surface area (Å²) in [5, 5.41) is 10.6. The van der Waals surface area contributed by atoms with Crippen LogP contribution in [0.2, 0.25) is 0 Å². The van der Waals surface area contributed by atoms with Crippen molar-refractivity contribution in [3.63, 3.8) is 0 Å². The van der Waals surface area contributed by atoms with Gasteiger partial charge in [-0.05, 0) is 26.2 Å². The van der Waals surface area contributed by atoms with E-state index in [-0.39, 0.29) is 5.60 Å². The molecule has 1 saturated carbocycles. The van der Waals surface area contributed by atoms with E-state index in [2.05, 4.69) is 14.9 Å². The third kappa shape index (κ3) is 2.31. The number of nitrogens with zero attached hydrogens (tertiary/aromatic N) is 2. The molecule has 1 aromatic heterocycles.